The molecule has 1 aliphatic carbocycles. The van der Waals surface area contributed by atoms with E-state index in [4.69, 9.17) is 0 Å². The molecule has 3 rings (SSSR count). The van der Waals surface area contributed by atoms with Crippen LogP contribution in [0, 0.1) is 5.92 Å². The van der Waals surface area contributed by atoms with Crippen LogP contribution in [0.4, 0.5) is 5.69 Å². The fraction of sp³-hybridized carbons (Fsp3) is 0.357. The van der Waals surface area contributed by atoms with Gasteiger partial charge in [0, 0.05) is 12.2 Å². The number of hydrogen-bond donors (Lipinski definition) is 2. The van der Waals surface area contributed by atoms with Crippen LogP contribution in [-0.4, -0.2) is 16.5 Å². The van der Waals surface area contributed by atoms with E-state index in [1.54, 1.807) is 6.33 Å². The SMILES string of the molecule is c1ncc(-c2ccc(NCC3CCC3)cc2)[nH]1. The van der Waals surface area contributed by atoms with Crippen LogP contribution in [0.2, 0.25) is 0 Å². The van der Waals surface area contributed by atoms with Gasteiger partial charge in [0.2, 0.25) is 0 Å². The van der Waals surface area contributed by atoms with E-state index in [1.807, 2.05) is 6.20 Å². The maximum Gasteiger partial charge on any atom is 0.0924 e. The van der Waals surface area contributed by atoms with E-state index in [2.05, 4.69) is 39.6 Å². The second kappa shape index (κ2) is 4.62. The Kier molecular flexibility index (Phi) is 2.82. The van der Waals surface area contributed by atoms with E-state index in [-0.39, 0.29) is 0 Å². The minimum Gasteiger partial charge on any atom is -0.385 e. The van der Waals surface area contributed by atoms with Crippen LogP contribution in [0.5, 0.6) is 0 Å². The van der Waals surface area contributed by atoms with Crippen LogP contribution in [0.25, 0.3) is 11.3 Å². The normalized spacial score (nSPS) is 15.5. The van der Waals surface area contributed by atoms with Gasteiger partial charge in [-0.1, -0.05) is 18.6 Å². The summed E-state index contributed by atoms with van der Waals surface area (Å²) in [7, 11) is 0. The Morgan fingerprint density at radius 3 is 2.65 bits per heavy atom. The van der Waals surface area contributed by atoms with E-state index < -0.39 is 0 Å². The molecule has 0 amide bonds. The molecule has 0 saturated heterocycles. The van der Waals surface area contributed by atoms with Crippen molar-refractivity contribution in [3.8, 4) is 11.3 Å². The standard InChI is InChI=1S/C14H17N3/c1-2-11(3-1)8-16-13-6-4-12(5-7-13)14-9-15-10-17-14/h4-7,9-11,16H,1-3,8H2,(H,15,17). The lowest BCUT2D eigenvalue weighted by Gasteiger charge is -2.25. The molecule has 0 aliphatic heterocycles. The highest BCUT2D eigenvalue weighted by atomic mass is 14.9. The van der Waals surface area contributed by atoms with Crippen molar-refractivity contribution in [2.24, 2.45) is 5.92 Å². The number of nitrogens with one attached hydrogen (secondary N) is 2. The van der Waals surface area contributed by atoms with Crippen LogP contribution >= 0.6 is 0 Å². The van der Waals surface area contributed by atoms with Crippen molar-refractivity contribution >= 4 is 5.69 Å². The molecule has 0 spiro atoms. The zero-order chi connectivity index (χ0) is 11.5. The van der Waals surface area contributed by atoms with Gasteiger partial charge in [-0.25, -0.2) is 4.98 Å². The molecular formula is C14H17N3. The molecule has 1 aliphatic rings. The predicted octanol–water partition coefficient (Wildman–Crippen LogP) is 3.29. The Labute approximate surface area is 101 Å². The lowest BCUT2D eigenvalue weighted by atomic mass is 9.85. The number of benzene rings is 1. The van der Waals surface area contributed by atoms with Crippen molar-refractivity contribution in [3.05, 3.63) is 36.8 Å². The third kappa shape index (κ3) is 2.33. The summed E-state index contributed by atoms with van der Waals surface area (Å²) in [5.74, 6) is 0.891. The summed E-state index contributed by atoms with van der Waals surface area (Å²) in [6.45, 7) is 1.11. The van der Waals surface area contributed by atoms with E-state index >= 15 is 0 Å². The second-order valence-electron chi connectivity index (χ2n) is 4.72. The number of aromatic nitrogens is 2. The first-order valence-electron chi connectivity index (χ1n) is 6.24. The number of anilines is 1. The quantitative estimate of drug-likeness (QED) is 0.841. The molecule has 3 heteroatoms. The number of aromatic amines is 1. The van der Waals surface area contributed by atoms with Crippen molar-refractivity contribution in [1.82, 2.24) is 9.97 Å². The van der Waals surface area contributed by atoms with Gasteiger partial charge in [-0.3, -0.25) is 0 Å². The fourth-order valence-electron chi connectivity index (χ4n) is 2.14. The van der Waals surface area contributed by atoms with Gasteiger partial charge < -0.3 is 10.3 Å². The molecule has 0 atom stereocenters. The number of imidazole rings is 1. The summed E-state index contributed by atoms with van der Waals surface area (Å²) in [5.41, 5.74) is 3.45. The number of H-pyrrole nitrogens is 1. The summed E-state index contributed by atoms with van der Waals surface area (Å²) < 4.78 is 0. The molecule has 2 aromatic rings. The van der Waals surface area contributed by atoms with Crippen LogP contribution in [0.1, 0.15) is 19.3 Å². The Morgan fingerprint density at radius 2 is 2.06 bits per heavy atom. The van der Waals surface area contributed by atoms with Crippen molar-refractivity contribution in [2.45, 2.75) is 19.3 Å². The van der Waals surface area contributed by atoms with E-state index in [9.17, 15) is 0 Å². The van der Waals surface area contributed by atoms with Gasteiger partial charge in [0.05, 0.1) is 18.2 Å². The predicted molar refractivity (Wildman–Crippen MR) is 69.9 cm³/mol. The Morgan fingerprint density at radius 1 is 1.24 bits per heavy atom. The van der Waals surface area contributed by atoms with Crippen molar-refractivity contribution < 1.29 is 0 Å². The average molecular weight is 227 g/mol. The molecule has 88 valence electrons. The van der Waals surface area contributed by atoms with Gasteiger partial charge in [0.1, 0.15) is 0 Å². The number of nitrogens with zero attached hydrogens (tertiary/aromatic N) is 1. The Balaban J connectivity index is 1.63. The van der Waals surface area contributed by atoms with E-state index in [0.717, 1.165) is 18.2 Å². The number of rotatable bonds is 4. The molecule has 3 nitrogen and oxygen atoms in total. The molecule has 0 unspecified atom stereocenters. The van der Waals surface area contributed by atoms with Crippen LogP contribution < -0.4 is 5.32 Å². The molecule has 1 aromatic heterocycles. The van der Waals surface area contributed by atoms with Crippen LogP contribution in [0.3, 0.4) is 0 Å². The fourth-order valence-corrected chi connectivity index (χ4v) is 2.14. The van der Waals surface area contributed by atoms with E-state index in [0.29, 0.717) is 0 Å². The molecule has 2 N–H and O–H groups in total. The van der Waals surface area contributed by atoms with Gasteiger partial charge in [-0.15, -0.1) is 0 Å². The molecule has 1 aromatic carbocycles. The van der Waals surface area contributed by atoms with Crippen molar-refractivity contribution in [2.75, 3.05) is 11.9 Å². The smallest absolute Gasteiger partial charge is 0.0924 e. The maximum absolute atomic E-state index is 4.03. The third-order valence-corrected chi connectivity index (χ3v) is 3.51. The lowest BCUT2D eigenvalue weighted by Crippen LogP contribution is -2.20. The maximum atomic E-state index is 4.03. The topological polar surface area (TPSA) is 40.7 Å². The zero-order valence-electron chi connectivity index (χ0n) is 9.82. The molecule has 1 fully saturated rings. The summed E-state index contributed by atoms with van der Waals surface area (Å²) in [6.07, 6.45) is 7.73. The van der Waals surface area contributed by atoms with Crippen LogP contribution in [0.15, 0.2) is 36.8 Å². The first-order valence-corrected chi connectivity index (χ1v) is 6.24. The summed E-state index contributed by atoms with van der Waals surface area (Å²) in [6, 6.07) is 8.51. The molecule has 1 heterocycles. The van der Waals surface area contributed by atoms with Crippen LogP contribution in [-0.2, 0) is 0 Å². The van der Waals surface area contributed by atoms with Gasteiger partial charge in [0.25, 0.3) is 0 Å². The summed E-state index contributed by atoms with van der Waals surface area (Å²) in [4.78, 5) is 7.14. The molecule has 1 saturated carbocycles. The van der Waals surface area contributed by atoms with E-state index in [1.165, 1.54) is 30.5 Å². The zero-order valence-corrected chi connectivity index (χ0v) is 9.82. The monoisotopic (exact) mass is 227 g/mol. The minimum absolute atomic E-state index is 0.891. The molecule has 0 bridgehead atoms. The van der Waals surface area contributed by atoms with Crippen molar-refractivity contribution in [1.29, 1.82) is 0 Å². The second-order valence-corrected chi connectivity index (χ2v) is 4.72. The largest absolute Gasteiger partial charge is 0.385 e. The highest BCUT2D eigenvalue weighted by Gasteiger charge is 2.16. The summed E-state index contributed by atoms with van der Waals surface area (Å²) in [5, 5.41) is 3.49. The molecule has 17 heavy (non-hydrogen) atoms. The van der Waals surface area contributed by atoms with Gasteiger partial charge in [0.15, 0.2) is 0 Å². The lowest BCUT2D eigenvalue weighted by molar-refractivity contribution is 0.333. The first kappa shape index (κ1) is 10.4. The minimum atomic E-state index is 0.891. The first-order chi connectivity index (χ1) is 8.42. The Bertz CT molecular complexity index is 455. The third-order valence-electron chi connectivity index (χ3n) is 3.51. The molecular weight excluding hydrogens is 210 g/mol. The number of hydrogen-bond acceptors (Lipinski definition) is 2. The highest BCUT2D eigenvalue weighted by Crippen LogP contribution is 2.26. The van der Waals surface area contributed by atoms with Gasteiger partial charge in [-0.2, -0.15) is 0 Å². The average Bonchev–Trinajstić information content (AvgIpc) is 2.81. The molecule has 0 radical (unpaired) electrons. The van der Waals surface area contributed by atoms with Crippen molar-refractivity contribution in [3.63, 3.8) is 0 Å². The Hall–Kier alpha value is -1.77. The summed E-state index contributed by atoms with van der Waals surface area (Å²) >= 11 is 0. The van der Waals surface area contributed by atoms with Gasteiger partial charge in [-0.05, 0) is 36.5 Å². The van der Waals surface area contributed by atoms with Gasteiger partial charge >= 0.3 is 0 Å². The highest BCUT2D eigenvalue weighted by molar-refractivity contribution is 5.61.